The third kappa shape index (κ3) is 4.06. The summed E-state index contributed by atoms with van der Waals surface area (Å²) in [5.41, 5.74) is 1.48. The fourth-order valence-electron chi connectivity index (χ4n) is 1.76. The first-order chi connectivity index (χ1) is 10.0. The maximum atomic E-state index is 12.1. The maximum absolute atomic E-state index is 12.1. The number of halogens is 1. The lowest BCUT2D eigenvalue weighted by atomic mass is 10.1. The molecule has 4 nitrogen and oxygen atoms in total. The molecular formula is C15H15ClN2O2S. The van der Waals surface area contributed by atoms with Crippen molar-refractivity contribution in [2.45, 2.75) is 18.2 Å². The highest BCUT2D eigenvalue weighted by molar-refractivity contribution is 7.89. The van der Waals surface area contributed by atoms with Gasteiger partial charge in [0.15, 0.2) is 0 Å². The van der Waals surface area contributed by atoms with Crippen LogP contribution in [-0.4, -0.2) is 14.1 Å². The molecule has 2 aromatic rings. The fraction of sp³-hybridized carbons (Fsp3) is 0.133. The zero-order valence-electron chi connectivity index (χ0n) is 11.5. The average molecular weight is 323 g/mol. The first kappa shape index (κ1) is 15.5. The van der Waals surface area contributed by atoms with Gasteiger partial charge in [0.2, 0.25) is 0 Å². The molecule has 0 aliphatic rings. The van der Waals surface area contributed by atoms with Gasteiger partial charge in [-0.1, -0.05) is 48.9 Å². The molecule has 0 radical (unpaired) electrons. The van der Waals surface area contributed by atoms with E-state index in [-0.39, 0.29) is 4.90 Å². The van der Waals surface area contributed by atoms with Crippen LogP contribution < -0.4 is 4.83 Å². The molecule has 0 amide bonds. The highest BCUT2D eigenvalue weighted by Gasteiger charge is 2.12. The number of sulfonamides is 1. The Hall–Kier alpha value is -1.85. The number of nitrogens with one attached hydrogen (secondary N) is 1. The lowest BCUT2D eigenvalue weighted by molar-refractivity contribution is 0.584. The Bertz CT molecular complexity index is 726. The van der Waals surface area contributed by atoms with E-state index in [1.54, 1.807) is 30.3 Å². The van der Waals surface area contributed by atoms with Crippen LogP contribution in [0.25, 0.3) is 0 Å². The zero-order valence-corrected chi connectivity index (χ0v) is 13.0. The van der Waals surface area contributed by atoms with E-state index in [4.69, 9.17) is 11.6 Å². The topological polar surface area (TPSA) is 58.5 Å². The molecule has 0 aromatic heterocycles. The highest BCUT2D eigenvalue weighted by atomic mass is 35.5. The Labute approximate surface area is 129 Å². The quantitative estimate of drug-likeness (QED) is 0.677. The lowest BCUT2D eigenvalue weighted by Gasteiger charge is -2.07. The monoisotopic (exact) mass is 322 g/mol. The molecule has 0 unspecified atom stereocenters. The molecule has 0 atom stereocenters. The Morgan fingerprint density at radius 3 is 2.29 bits per heavy atom. The molecule has 6 heteroatoms. The fourth-order valence-corrected chi connectivity index (χ4v) is 2.73. The molecule has 0 saturated heterocycles. The van der Waals surface area contributed by atoms with Gasteiger partial charge in [-0.15, -0.1) is 0 Å². The number of benzene rings is 2. The van der Waals surface area contributed by atoms with Gasteiger partial charge >= 0.3 is 0 Å². The van der Waals surface area contributed by atoms with Crippen molar-refractivity contribution in [3.05, 3.63) is 65.2 Å². The number of nitrogens with zero attached hydrogens (tertiary/aromatic N) is 1. The van der Waals surface area contributed by atoms with Crippen LogP contribution in [0.5, 0.6) is 0 Å². The normalized spacial score (nSPS) is 12.2. The molecule has 1 N–H and O–H groups in total. The van der Waals surface area contributed by atoms with E-state index >= 15 is 0 Å². The molecule has 0 bridgehead atoms. The molecule has 2 aromatic carbocycles. The first-order valence-corrected chi connectivity index (χ1v) is 8.28. The van der Waals surface area contributed by atoms with E-state index in [0.717, 1.165) is 5.56 Å². The van der Waals surface area contributed by atoms with Crippen molar-refractivity contribution in [3.63, 3.8) is 0 Å². The molecule has 0 spiro atoms. The van der Waals surface area contributed by atoms with Crippen LogP contribution in [0.2, 0.25) is 5.02 Å². The molecule has 110 valence electrons. The lowest BCUT2D eigenvalue weighted by Crippen LogP contribution is -2.20. The van der Waals surface area contributed by atoms with E-state index < -0.39 is 10.0 Å². The van der Waals surface area contributed by atoms with E-state index in [1.165, 1.54) is 12.1 Å². The molecule has 2 rings (SSSR count). The minimum Gasteiger partial charge on any atom is -0.200 e. The van der Waals surface area contributed by atoms with Gasteiger partial charge in [0.25, 0.3) is 10.0 Å². The van der Waals surface area contributed by atoms with Gasteiger partial charge in [0.05, 0.1) is 10.6 Å². The van der Waals surface area contributed by atoms with E-state index in [1.807, 2.05) is 19.1 Å². The van der Waals surface area contributed by atoms with Gasteiger partial charge in [0.1, 0.15) is 0 Å². The highest BCUT2D eigenvalue weighted by Crippen LogP contribution is 2.12. The Kier molecular flexibility index (Phi) is 4.98. The summed E-state index contributed by atoms with van der Waals surface area (Å²) in [6.45, 7) is 1.91. The van der Waals surface area contributed by atoms with Crippen molar-refractivity contribution >= 4 is 27.3 Å². The van der Waals surface area contributed by atoms with Crippen LogP contribution >= 0.6 is 11.6 Å². The van der Waals surface area contributed by atoms with Crippen LogP contribution in [0.1, 0.15) is 18.9 Å². The molecule has 0 aliphatic carbocycles. The minimum atomic E-state index is -3.65. The second kappa shape index (κ2) is 6.74. The van der Waals surface area contributed by atoms with Crippen LogP contribution in [0.3, 0.4) is 0 Å². The summed E-state index contributed by atoms with van der Waals surface area (Å²) >= 11 is 5.84. The SMILES string of the molecule is CC/C(=N/NS(=O)(=O)c1ccccc1)c1ccc(Cl)cc1. The summed E-state index contributed by atoms with van der Waals surface area (Å²) in [7, 11) is -3.65. The minimum absolute atomic E-state index is 0.181. The van der Waals surface area contributed by atoms with Gasteiger partial charge in [-0.3, -0.25) is 0 Å². The first-order valence-electron chi connectivity index (χ1n) is 6.42. The van der Waals surface area contributed by atoms with Crippen molar-refractivity contribution in [3.8, 4) is 0 Å². The number of hydrogen-bond acceptors (Lipinski definition) is 3. The van der Waals surface area contributed by atoms with Crippen molar-refractivity contribution in [1.29, 1.82) is 0 Å². The number of hydrazone groups is 1. The molecule has 0 heterocycles. The molecule has 21 heavy (non-hydrogen) atoms. The van der Waals surface area contributed by atoms with Crippen LogP contribution in [0.15, 0.2) is 64.6 Å². The maximum Gasteiger partial charge on any atom is 0.276 e. The van der Waals surface area contributed by atoms with Gasteiger partial charge < -0.3 is 0 Å². The number of rotatable bonds is 5. The zero-order chi connectivity index (χ0) is 15.3. The molecule has 0 fully saturated rings. The Morgan fingerprint density at radius 1 is 1.10 bits per heavy atom. The molecule has 0 saturated carbocycles. The second-order valence-corrected chi connectivity index (χ2v) is 6.42. The van der Waals surface area contributed by atoms with Crippen LogP contribution in [0.4, 0.5) is 0 Å². The van der Waals surface area contributed by atoms with Gasteiger partial charge in [0, 0.05) is 5.02 Å². The summed E-state index contributed by atoms with van der Waals surface area (Å²) in [5, 5.41) is 4.65. The van der Waals surface area contributed by atoms with Crippen LogP contribution in [0, 0.1) is 0 Å². The van der Waals surface area contributed by atoms with Gasteiger partial charge in [-0.05, 0) is 36.2 Å². The standard InChI is InChI=1S/C15H15ClN2O2S/c1-2-15(12-8-10-13(16)11-9-12)17-18-21(19,20)14-6-4-3-5-7-14/h3-11,18H,2H2,1H3/b17-15-. The van der Waals surface area contributed by atoms with Crippen molar-refractivity contribution in [1.82, 2.24) is 4.83 Å². The van der Waals surface area contributed by atoms with E-state index in [9.17, 15) is 8.42 Å². The molecule has 0 aliphatic heterocycles. The summed E-state index contributed by atoms with van der Waals surface area (Å²) < 4.78 is 24.2. The summed E-state index contributed by atoms with van der Waals surface area (Å²) in [6.07, 6.45) is 0.596. The van der Waals surface area contributed by atoms with E-state index in [2.05, 4.69) is 9.93 Å². The third-order valence-corrected chi connectivity index (χ3v) is 4.34. The smallest absolute Gasteiger partial charge is 0.200 e. The predicted octanol–water partition coefficient (Wildman–Crippen LogP) is 3.43. The van der Waals surface area contributed by atoms with Crippen molar-refractivity contribution in [2.75, 3.05) is 0 Å². The third-order valence-electron chi connectivity index (χ3n) is 2.87. The van der Waals surface area contributed by atoms with Gasteiger partial charge in [-0.2, -0.15) is 18.4 Å². The largest absolute Gasteiger partial charge is 0.276 e. The Morgan fingerprint density at radius 2 is 1.71 bits per heavy atom. The summed E-state index contributed by atoms with van der Waals surface area (Å²) in [5.74, 6) is 0. The Balaban J connectivity index is 2.24. The average Bonchev–Trinajstić information content (AvgIpc) is 2.50. The summed E-state index contributed by atoms with van der Waals surface area (Å²) in [6, 6.07) is 15.2. The summed E-state index contributed by atoms with van der Waals surface area (Å²) in [4.78, 5) is 2.45. The van der Waals surface area contributed by atoms with Crippen LogP contribution in [-0.2, 0) is 10.0 Å². The van der Waals surface area contributed by atoms with Crippen molar-refractivity contribution < 1.29 is 8.42 Å². The predicted molar refractivity (Wildman–Crippen MR) is 85.0 cm³/mol. The molecular weight excluding hydrogens is 308 g/mol. The second-order valence-electron chi connectivity index (χ2n) is 4.33. The van der Waals surface area contributed by atoms with E-state index in [0.29, 0.717) is 17.2 Å². The number of hydrogen-bond donors (Lipinski definition) is 1. The van der Waals surface area contributed by atoms with Gasteiger partial charge in [-0.25, -0.2) is 0 Å². The van der Waals surface area contributed by atoms with Crippen molar-refractivity contribution in [2.24, 2.45) is 5.10 Å².